The van der Waals surface area contributed by atoms with Crippen LogP contribution in [-0.4, -0.2) is 36.6 Å². The number of carboxylic acids is 2. The van der Waals surface area contributed by atoms with Crippen LogP contribution in [0.3, 0.4) is 0 Å². The Morgan fingerprint density at radius 1 is 1.20 bits per heavy atom. The van der Waals surface area contributed by atoms with Gasteiger partial charge in [0.1, 0.15) is 6.04 Å². The van der Waals surface area contributed by atoms with E-state index in [4.69, 9.17) is 10.2 Å². The van der Waals surface area contributed by atoms with Crippen molar-refractivity contribution in [1.29, 1.82) is 0 Å². The van der Waals surface area contributed by atoms with Gasteiger partial charge < -0.3 is 10.2 Å². The van der Waals surface area contributed by atoms with Gasteiger partial charge in [0.05, 0.1) is 4.90 Å². The van der Waals surface area contributed by atoms with Gasteiger partial charge in [-0.3, -0.25) is 9.59 Å². The highest BCUT2D eigenvalue weighted by Crippen LogP contribution is 2.15. The molecule has 0 spiro atoms. The number of carboxylic acid groups (broad SMARTS) is 2. The largest absolute Gasteiger partial charge is 0.481 e. The van der Waals surface area contributed by atoms with Crippen LogP contribution in [-0.2, 0) is 19.6 Å². The first-order valence-corrected chi connectivity index (χ1v) is 7.72. The fraction of sp³-hybridized carbons (Fsp3) is 0.273. The number of hydrogen-bond acceptors (Lipinski definition) is 4. The molecule has 1 atom stereocenters. The first-order valence-electron chi connectivity index (χ1n) is 5.45. The highest BCUT2D eigenvalue weighted by Gasteiger charge is 2.25. The summed E-state index contributed by atoms with van der Waals surface area (Å²) in [6.45, 7) is 0. The van der Waals surface area contributed by atoms with E-state index in [1.165, 1.54) is 24.3 Å². The van der Waals surface area contributed by atoms with Crippen molar-refractivity contribution in [3.05, 3.63) is 28.7 Å². The van der Waals surface area contributed by atoms with Crippen molar-refractivity contribution in [2.45, 2.75) is 23.8 Å². The second-order valence-corrected chi connectivity index (χ2v) is 6.53. The van der Waals surface area contributed by atoms with Crippen LogP contribution in [0.5, 0.6) is 0 Å². The number of sulfonamides is 1. The summed E-state index contributed by atoms with van der Waals surface area (Å²) in [5, 5.41) is 17.4. The van der Waals surface area contributed by atoms with Gasteiger partial charge in [-0.1, -0.05) is 15.9 Å². The molecule has 1 rings (SSSR count). The molecule has 3 N–H and O–H groups in total. The van der Waals surface area contributed by atoms with Crippen LogP contribution >= 0.6 is 15.9 Å². The summed E-state index contributed by atoms with van der Waals surface area (Å²) in [5.74, 6) is -2.62. The molecule has 110 valence electrons. The fourth-order valence-electron chi connectivity index (χ4n) is 1.37. The molecule has 7 nitrogen and oxygen atoms in total. The van der Waals surface area contributed by atoms with E-state index in [1.54, 1.807) is 0 Å². The molecule has 0 aromatic heterocycles. The minimum atomic E-state index is -4.01. The summed E-state index contributed by atoms with van der Waals surface area (Å²) in [4.78, 5) is 21.3. The summed E-state index contributed by atoms with van der Waals surface area (Å²) in [7, 11) is -4.01. The van der Waals surface area contributed by atoms with E-state index < -0.39 is 34.4 Å². The van der Waals surface area contributed by atoms with Crippen molar-refractivity contribution in [3.8, 4) is 0 Å². The maximum atomic E-state index is 12.0. The lowest BCUT2D eigenvalue weighted by Crippen LogP contribution is -2.41. The molecule has 0 aliphatic heterocycles. The third-order valence-corrected chi connectivity index (χ3v) is 4.38. The molecular weight excluding hydrogens is 354 g/mol. The van der Waals surface area contributed by atoms with E-state index >= 15 is 0 Å². The third kappa shape index (κ3) is 4.91. The van der Waals surface area contributed by atoms with Crippen LogP contribution < -0.4 is 4.72 Å². The fourth-order valence-corrected chi connectivity index (χ4v) is 2.86. The molecule has 9 heteroatoms. The van der Waals surface area contributed by atoms with Crippen molar-refractivity contribution in [1.82, 2.24) is 4.72 Å². The molecule has 0 saturated carbocycles. The number of halogens is 1. The normalized spacial score (nSPS) is 12.8. The second kappa shape index (κ2) is 6.82. The van der Waals surface area contributed by atoms with Gasteiger partial charge >= 0.3 is 11.9 Å². The van der Waals surface area contributed by atoms with Crippen molar-refractivity contribution in [2.75, 3.05) is 0 Å². The molecule has 0 unspecified atom stereocenters. The lowest BCUT2D eigenvalue weighted by atomic mass is 10.2. The van der Waals surface area contributed by atoms with Crippen LogP contribution in [0.15, 0.2) is 33.6 Å². The van der Waals surface area contributed by atoms with Gasteiger partial charge in [0, 0.05) is 10.9 Å². The molecule has 1 aromatic rings. The Balaban J connectivity index is 2.88. The maximum Gasteiger partial charge on any atom is 0.321 e. The van der Waals surface area contributed by atoms with Crippen LogP contribution in [0.25, 0.3) is 0 Å². The van der Waals surface area contributed by atoms with Crippen LogP contribution in [0.1, 0.15) is 12.8 Å². The summed E-state index contributed by atoms with van der Waals surface area (Å²) >= 11 is 3.15. The molecule has 0 fully saturated rings. The van der Waals surface area contributed by atoms with E-state index in [9.17, 15) is 18.0 Å². The van der Waals surface area contributed by atoms with Crippen molar-refractivity contribution >= 4 is 37.9 Å². The number of carbonyl (C=O) groups is 2. The summed E-state index contributed by atoms with van der Waals surface area (Å²) in [6.07, 6.45) is -0.778. The zero-order chi connectivity index (χ0) is 15.3. The van der Waals surface area contributed by atoms with Gasteiger partial charge in [-0.25, -0.2) is 8.42 Å². The standard InChI is InChI=1S/C11H12BrNO6S/c12-7-1-3-8(4-2-7)20(18,19)13-9(11(16)17)5-6-10(14)15/h1-4,9,13H,5-6H2,(H,14,15)(H,16,17)/t9-/m0/s1. The van der Waals surface area contributed by atoms with Crippen LogP contribution in [0.4, 0.5) is 0 Å². The summed E-state index contributed by atoms with van der Waals surface area (Å²) in [5.41, 5.74) is 0. The molecule has 0 amide bonds. The van der Waals surface area contributed by atoms with E-state index in [0.29, 0.717) is 4.47 Å². The van der Waals surface area contributed by atoms with E-state index in [-0.39, 0.29) is 11.3 Å². The van der Waals surface area contributed by atoms with Crippen molar-refractivity contribution in [3.63, 3.8) is 0 Å². The molecule has 0 aliphatic rings. The van der Waals surface area contributed by atoms with Crippen molar-refractivity contribution in [2.24, 2.45) is 0 Å². The molecule has 1 aromatic carbocycles. The van der Waals surface area contributed by atoms with Gasteiger partial charge in [-0.15, -0.1) is 0 Å². The van der Waals surface area contributed by atoms with Gasteiger partial charge in [0.15, 0.2) is 0 Å². The van der Waals surface area contributed by atoms with Gasteiger partial charge in [0.2, 0.25) is 10.0 Å². The number of rotatable bonds is 7. The van der Waals surface area contributed by atoms with Gasteiger partial charge in [-0.2, -0.15) is 4.72 Å². The van der Waals surface area contributed by atoms with Crippen LogP contribution in [0.2, 0.25) is 0 Å². The Labute approximate surface area is 123 Å². The molecule has 0 aliphatic carbocycles. The van der Waals surface area contributed by atoms with Gasteiger partial charge in [-0.05, 0) is 30.7 Å². The third-order valence-electron chi connectivity index (χ3n) is 2.37. The summed E-state index contributed by atoms with van der Waals surface area (Å²) < 4.78 is 26.6. The van der Waals surface area contributed by atoms with Crippen LogP contribution in [0, 0.1) is 0 Å². The highest BCUT2D eigenvalue weighted by molar-refractivity contribution is 9.10. The molecule has 0 radical (unpaired) electrons. The molecule has 20 heavy (non-hydrogen) atoms. The second-order valence-electron chi connectivity index (χ2n) is 3.90. The molecule has 0 bridgehead atoms. The Hall–Kier alpha value is -1.45. The quantitative estimate of drug-likeness (QED) is 0.663. The zero-order valence-electron chi connectivity index (χ0n) is 10.1. The molecular formula is C11H12BrNO6S. The lowest BCUT2D eigenvalue weighted by Gasteiger charge is -2.13. The number of nitrogens with one attached hydrogen (secondary N) is 1. The number of aliphatic carboxylic acids is 2. The molecule has 0 heterocycles. The average molecular weight is 366 g/mol. The topological polar surface area (TPSA) is 121 Å². The Morgan fingerprint density at radius 3 is 2.20 bits per heavy atom. The first kappa shape index (κ1) is 16.6. The first-order chi connectivity index (χ1) is 9.22. The van der Waals surface area contributed by atoms with E-state index in [1.807, 2.05) is 4.72 Å². The molecule has 0 saturated heterocycles. The minimum absolute atomic E-state index is 0.0951. The van der Waals surface area contributed by atoms with E-state index in [0.717, 1.165) is 0 Å². The smallest absolute Gasteiger partial charge is 0.321 e. The Bertz CT molecular complexity index is 598. The summed E-state index contributed by atoms with van der Waals surface area (Å²) in [6, 6.07) is 4.13. The average Bonchev–Trinajstić information content (AvgIpc) is 2.34. The minimum Gasteiger partial charge on any atom is -0.481 e. The lowest BCUT2D eigenvalue weighted by molar-refractivity contribution is -0.140. The van der Waals surface area contributed by atoms with Gasteiger partial charge in [0.25, 0.3) is 0 Å². The predicted molar refractivity (Wildman–Crippen MR) is 72.8 cm³/mol. The predicted octanol–water partition coefficient (Wildman–Crippen LogP) is 1.05. The Kier molecular flexibility index (Phi) is 5.66. The number of hydrogen-bond donors (Lipinski definition) is 3. The zero-order valence-corrected chi connectivity index (χ0v) is 12.5. The Morgan fingerprint density at radius 2 is 1.75 bits per heavy atom. The monoisotopic (exact) mass is 365 g/mol. The van der Waals surface area contributed by atoms with E-state index in [2.05, 4.69) is 15.9 Å². The SMILES string of the molecule is O=C(O)CC[C@H](NS(=O)(=O)c1ccc(Br)cc1)C(=O)O. The highest BCUT2D eigenvalue weighted by atomic mass is 79.9. The van der Waals surface area contributed by atoms with Crippen molar-refractivity contribution < 1.29 is 28.2 Å². The number of benzene rings is 1. The maximum absolute atomic E-state index is 12.0.